The highest BCUT2D eigenvalue weighted by molar-refractivity contribution is 5.91. The fourth-order valence-electron chi connectivity index (χ4n) is 1.27. The van der Waals surface area contributed by atoms with E-state index in [0.717, 1.165) is 5.56 Å². The van der Waals surface area contributed by atoms with Gasteiger partial charge in [0.1, 0.15) is 19.3 Å². The van der Waals surface area contributed by atoms with Crippen molar-refractivity contribution in [1.82, 2.24) is 20.1 Å². The van der Waals surface area contributed by atoms with Gasteiger partial charge in [0.25, 0.3) is 0 Å². The molecular weight excluding hydrogens is 216 g/mol. The van der Waals surface area contributed by atoms with E-state index in [1.165, 1.54) is 17.1 Å². The summed E-state index contributed by atoms with van der Waals surface area (Å²) in [4.78, 5) is 15.2. The van der Waals surface area contributed by atoms with Crippen LogP contribution in [0.4, 0.5) is 0 Å². The van der Waals surface area contributed by atoms with Crippen LogP contribution in [0.1, 0.15) is 5.56 Å². The number of aromatic nitrogens is 3. The molecule has 0 saturated heterocycles. The molecule has 1 aromatic carbocycles. The number of carbonyl (C=O) groups is 1. The van der Waals surface area contributed by atoms with E-state index >= 15 is 0 Å². The second kappa shape index (κ2) is 5.60. The number of rotatable bonds is 4. The monoisotopic (exact) mass is 228 g/mol. The molecule has 0 aliphatic heterocycles. The first-order valence-corrected chi connectivity index (χ1v) is 5.18. The summed E-state index contributed by atoms with van der Waals surface area (Å²) in [6.07, 6.45) is 6.22. The van der Waals surface area contributed by atoms with Gasteiger partial charge in [0.05, 0.1) is 0 Å². The van der Waals surface area contributed by atoms with Gasteiger partial charge in [0.15, 0.2) is 0 Å². The first-order valence-electron chi connectivity index (χ1n) is 5.18. The number of nitrogens with one attached hydrogen (secondary N) is 1. The summed E-state index contributed by atoms with van der Waals surface area (Å²) in [5.74, 6) is -0.163. The van der Waals surface area contributed by atoms with Gasteiger partial charge in [0.2, 0.25) is 5.91 Å². The SMILES string of the molecule is O=C(/C=C/c1ccccc1)NCn1cncn1. The van der Waals surface area contributed by atoms with Crippen LogP contribution in [0, 0.1) is 0 Å². The lowest BCUT2D eigenvalue weighted by atomic mass is 10.2. The Morgan fingerprint density at radius 2 is 2.18 bits per heavy atom. The van der Waals surface area contributed by atoms with Crippen LogP contribution < -0.4 is 5.32 Å². The fraction of sp³-hybridized carbons (Fsp3) is 0.0833. The summed E-state index contributed by atoms with van der Waals surface area (Å²) < 4.78 is 1.54. The molecule has 17 heavy (non-hydrogen) atoms. The Morgan fingerprint density at radius 1 is 1.35 bits per heavy atom. The fourth-order valence-corrected chi connectivity index (χ4v) is 1.27. The molecule has 0 spiro atoms. The van der Waals surface area contributed by atoms with Crippen molar-refractivity contribution in [3.8, 4) is 0 Å². The number of amides is 1. The minimum absolute atomic E-state index is 0.163. The summed E-state index contributed by atoms with van der Waals surface area (Å²) in [7, 11) is 0. The Morgan fingerprint density at radius 3 is 2.88 bits per heavy atom. The van der Waals surface area contributed by atoms with Crippen molar-refractivity contribution < 1.29 is 4.79 Å². The van der Waals surface area contributed by atoms with Crippen molar-refractivity contribution >= 4 is 12.0 Å². The van der Waals surface area contributed by atoms with E-state index in [4.69, 9.17) is 0 Å². The van der Waals surface area contributed by atoms with Crippen molar-refractivity contribution in [2.24, 2.45) is 0 Å². The van der Waals surface area contributed by atoms with Crippen molar-refractivity contribution in [3.63, 3.8) is 0 Å². The highest BCUT2D eigenvalue weighted by atomic mass is 16.1. The minimum atomic E-state index is -0.163. The molecule has 5 heteroatoms. The molecule has 0 fully saturated rings. The molecule has 1 heterocycles. The van der Waals surface area contributed by atoms with E-state index in [2.05, 4.69) is 15.4 Å². The van der Waals surface area contributed by atoms with E-state index in [9.17, 15) is 4.79 Å². The Hall–Kier alpha value is -2.43. The van der Waals surface area contributed by atoms with Gasteiger partial charge in [-0.1, -0.05) is 30.3 Å². The molecule has 1 N–H and O–H groups in total. The topological polar surface area (TPSA) is 59.8 Å². The van der Waals surface area contributed by atoms with Crippen LogP contribution >= 0.6 is 0 Å². The Labute approximate surface area is 98.8 Å². The zero-order valence-electron chi connectivity index (χ0n) is 9.15. The lowest BCUT2D eigenvalue weighted by Crippen LogP contribution is -2.24. The van der Waals surface area contributed by atoms with Crippen LogP contribution in [0.5, 0.6) is 0 Å². The van der Waals surface area contributed by atoms with Crippen LogP contribution in [-0.2, 0) is 11.5 Å². The van der Waals surface area contributed by atoms with Crippen LogP contribution in [0.15, 0.2) is 49.1 Å². The van der Waals surface area contributed by atoms with Gasteiger partial charge in [-0.15, -0.1) is 0 Å². The lowest BCUT2D eigenvalue weighted by Gasteiger charge is -2.00. The quantitative estimate of drug-likeness (QED) is 0.796. The average molecular weight is 228 g/mol. The lowest BCUT2D eigenvalue weighted by molar-refractivity contribution is -0.117. The molecule has 0 bridgehead atoms. The molecule has 0 aliphatic carbocycles. The standard InChI is InChI=1S/C12H12N4O/c17-12(14-10-16-9-13-8-15-16)7-6-11-4-2-1-3-5-11/h1-9H,10H2,(H,14,17)/b7-6+. The second-order valence-electron chi connectivity index (χ2n) is 3.38. The number of hydrogen-bond acceptors (Lipinski definition) is 3. The van der Waals surface area contributed by atoms with Gasteiger partial charge in [-0.05, 0) is 11.6 Å². The zero-order valence-corrected chi connectivity index (χ0v) is 9.15. The number of carbonyl (C=O) groups excluding carboxylic acids is 1. The summed E-state index contributed by atoms with van der Waals surface area (Å²) >= 11 is 0. The molecule has 0 saturated carbocycles. The molecule has 86 valence electrons. The van der Waals surface area contributed by atoms with Gasteiger partial charge < -0.3 is 5.32 Å². The largest absolute Gasteiger partial charge is 0.333 e. The molecule has 0 radical (unpaired) electrons. The molecule has 0 unspecified atom stereocenters. The first-order chi connectivity index (χ1) is 8.34. The third kappa shape index (κ3) is 3.57. The molecule has 0 aliphatic rings. The number of benzene rings is 1. The third-order valence-electron chi connectivity index (χ3n) is 2.11. The maximum atomic E-state index is 11.5. The molecule has 1 aromatic heterocycles. The van der Waals surface area contributed by atoms with Gasteiger partial charge in [-0.2, -0.15) is 5.10 Å². The van der Waals surface area contributed by atoms with E-state index in [0.29, 0.717) is 6.67 Å². The van der Waals surface area contributed by atoms with Crippen molar-refractivity contribution in [3.05, 3.63) is 54.6 Å². The molecule has 0 atom stereocenters. The van der Waals surface area contributed by atoms with Gasteiger partial charge in [-0.25, -0.2) is 9.67 Å². The minimum Gasteiger partial charge on any atom is -0.333 e. The highest BCUT2D eigenvalue weighted by Crippen LogP contribution is 2.00. The maximum Gasteiger partial charge on any atom is 0.245 e. The second-order valence-corrected chi connectivity index (χ2v) is 3.38. The van der Waals surface area contributed by atoms with E-state index in [1.807, 2.05) is 30.3 Å². The highest BCUT2D eigenvalue weighted by Gasteiger charge is 1.95. The predicted octanol–water partition coefficient (Wildman–Crippen LogP) is 1.07. The maximum absolute atomic E-state index is 11.5. The van der Waals surface area contributed by atoms with Gasteiger partial charge in [-0.3, -0.25) is 4.79 Å². The molecule has 2 rings (SSSR count). The average Bonchev–Trinajstić information content (AvgIpc) is 2.88. The Balaban J connectivity index is 1.83. The van der Waals surface area contributed by atoms with Gasteiger partial charge >= 0.3 is 0 Å². The zero-order chi connectivity index (χ0) is 11.9. The number of hydrogen-bond donors (Lipinski definition) is 1. The summed E-state index contributed by atoms with van der Waals surface area (Å²) in [6, 6.07) is 9.64. The Kier molecular flexibility index (Phi) is 3.64. The summed E-state index contributed by atoms with van der Waals surface area (Å²) in [5, 5.41) is 6.56. The van der Waals surface area contributed by atoms with Crippen molar-refractivity contribution in [2.45, 2.75) is 6.67 Å². The van der Waals surface area contributed by atoms with Crippen molar-refractivity contribution in [2.75, 3.05) is 0 Å². The predicted molar refractivity (Wildman–Crippen MR) is 63.6 cm³/mol. The summed E-state index contributed by atoms with van der Waals surface area (Å²) in [5.41, 5.74) is 0.989. The number of nitrogens with zero attached hydrogens (tertiary/aromatic N) is 3. The molecule has 1 amide bonds. The first kappa shape index (κ1) is 11.1. The normalized spacial score (nSPS) is 10.6. The molecule has 5 nitrogen and oxygen atoms in total. The van der Waals surface area contributed by atoms with Gasteiger partial charge in [0, 0.05) is 6.08 Å². The van der Waals surface area contributed by atoms with Crippen LogP contribution in [0.25, 0.3) is 6.08 Å². The smallest absolute Gasteiger partial charge is 0.245 e. The molecule has 2 aromatic rings. The van der Waals surface area contributed by atoms with E-state index in [1.54, 1.807) is 12.4 Å². The van der Waals surface area contributed by atoms with E-state index < -0.39 is 0 Å². The van der Waals surface area contributed by atoms with Crippen LogP contribution in [0.2, 0.25) is 0 Å². The third-order valence-corrected chi connectivity index (χ3v) is 2.11. The van der Waals surface area contributed by atoms with Crippen molar-refractivity contribution in [1.29, 1.82) is 0 Å². The molecular formula is C12H12N4O. The van der Waals surface area contributed by atoms with Crippen LogP contribution in [0.3, 0.4) is 0 Å². The van der Waals surface area contributed by atoms with E-state index in [-0.39, 0.29) is 5.91 Å². The van der Waals surface area contributed by atoms with Crippen LogP contribution in [-0.4, -0.2) is 20.7 Å². The summed E-state index contributed by atoms with van der Waals surface area (Å²) in [6.45, 7) is 0.317. The Bertz CT molecular complexity index is 490.